The van der Waals surface area contributed by atoms with Crippen LogP contribution in [-0.4, -0.2) is 85.7 Å². The zero-order valence-electron chi connectivity index (χ0n) is 60.0. The van der Waals surface area contributed by atoms with Crippen LogP contribution in [0.1, 0.15) is 49.9 Å². The minimum Gasteiger partial charge on any atom is -0.435 e. The average Bonchev–Trinajstić information content (AvgIpc) is 1.60. The van der Waals surface area contributed by atoms with Crippen LogP contribution in [0.25, 0.3) is 88.3 Å². The van der Waals surface area contributed by atoms with Gasteiger partial charge in [-0.05, 0) is 175 Å². The van der Waals surface area contributed by atoms with E-state index in [2.05, 4.69) is 282 Å². The molecule has 17 aromatic rings. The molecule has 518 valence electrons. The summed E-state index contributed by atoms with van der Waals surface area (Å²) in [5, 5.41) is 8.51. The summed E-state index contributed by atoms with van der Waals surface area (Å²) < 4.78 is 24.8. The van der Waals surface area contributed by atoms with Crippen molar-refractivity contribution < 1.29 is 17.7 Å². The molecule has 0 saturated carbocycles. The third-order valence-electron chi connectivity index (χ3n) is 21.3. The number of nitrogens with zero attached hydrogens (tertiary/aromatic N) is 16. The molecular formula is C85H74N16O4. The van der Waals surface area contributed by atoms with E-state index in [9.17, 15) is 0 Å². The van der Waals surface area contributed by atoms with Crippen molar-refractivity contribution in [3.63, 3.8) is 0 Å². The molecule has 4 aliphatic rings. The summed E-state index contributed by atoms with van der Waals surface area (Å²) in [5.74, 6) is 3.67. The van der Waals surface area contributed by atoms with Crippen molar-refractivity contribution in [3.8, 4) is 0 Å². The fourth-order valence-electron chi connectivity index (χ4n) is 15.8. The monoisotopic (exact) mass is 1380 g/mol. The van der Waals surface area contributed by atoms with Gasteiger partial charge in [0.1, 0.15) is 24.7 Å². The van der Waals surface area contributed by atoms with Gasteiger partial charge in [0.15, 0.2) is 45.6 Å². The van der Waals surface area contributed by atoms with Crippen molar-refractivity contribution in [2.45, 2.75) is 80.1 Å². The lowest BCUT2D eigenvalue weighted by molar-refractivity contribution is 0.647. The van der Waals surface area contributed by atoms with Crippen molar-refractivity contribution in [2.75, 3.05) is 60.3 Å². The Bertz CT molecular complexity index is 5820. The molecule has 0 spiro atoms. The van der Waals surface area contributed by atoms with Crippen LogP contribution in [0, 0.1) is 27.7 Å². The Labute approximate surface area is 605 Å². The van der Waals surface area contributed by atoms with Crippen LogP contribution in [0.4, 0.5) is 74.5 Å². The highest BCUT2D eigenvalue weighted by Crippen LogP contribution is 2.53. The minimum absolute atomic E-state index is 0.0860. The lowest BCUT2D eigenvalue weighted by Gasteiger charge is -2.31. The first-order chi connectivity index (χ1) is 51.2. The van der Waals surface area contributed by atoms with Crippen LogP contribution in [0.5, 0.6) is 0 Å². The fraction of sp³-hybridized carbons (Fsp3) is 0.176. The van der Waals surface area contributed by atoms with Gasteiger partial charge in [-0.1, -0.05) is 78.9 Å². The maximum absolute atomic E-state index is 6.31. The van der Waals surface area contributed by atoms with Gasteiger partial charge in [0, 0.05) is 119 Å². The van der Waals surface area contributed by atoms with Crippen LogP contribution in [0.3, 0.4) is 0 Å². The van der Waals surface area contributed by atoms with E-state index in [1.54, 1.807) is 37.2 Å². The topological polar surface area (TPSA) is 182 Å². The molecule has 6 aromatic carbocycles. The van der Waals surface area contributed by atoms with Crippen molar-refractivity contribution in [3.05, 3.63) is 248 Å². The quantitative estimate of drug-likeness (QED) is 0.158. The molecule has 20 nitrogen and oxygen atoms in total. The molecule has 105 heavy (non-hydrogen) atoms. The van der Waals surface area contributed by atoms with Crippen LogP contribution >= 0.6 is 0 Å². The molecule has 4 atom stereocenters. The third kappa shape index (κ3) is 10.1. The summed E-state index contributed by atoms with van der Waals surface area (Å²) in [6, 6.07) is 60.4. The number of furan rings is 4. The Hall–Kier alpha value is -13.1. The van der Waals surface area contributed by atoms with E-state index in [0.717, 1.165) is 134 Å². The Morgan fingerprint density at radius 1 is 0.248 bits per heavy atom. The molecule has 21 rings (SSSR count). The SMILES string of the molecule is Cc1ccc2c(oc3ncccc32)c1N1c2ccccc2N(c2ccccc2)C1C.Cc1ccc2c(oc3ncccc32)c1N1c2cccnc2N(C)C1C.Cc1ccc2c(oc3ncccc32)c1N1c2ncccc2N(C)C1C.Cc1ccc2c(oc3ncccc32)c1N1c2nccnc2N(C)C1C. The normalized spacial score (nSPS) is 16.6. The van der Waals surface area contributed by atoms with E-state index < -0.39 is 0 Å². The van der Waals surface area contributed by atoms with Crippen molar-refractivity contribution in [1.82, 2.24) is 39.9 Å². The minimum atomic E-state index is 0.0860. The Morgan fingerprint density at radius 2 is 0.571 bits per heavy atom. The fourth-order valence-corrected chi connectivity index (χ4v) is 15.8. The number of hydrogen-bond donors (Lipinski definition) is 0. The number of para-hydroxylation sites is 3. The van der Waals surface area contributed by atoms with Crippen LogP contribution in [-0.2, 0) is 0 Å². The molecule has 11 aromatic heterocycles. The molecule has 0 radical (unpaired) electrons. The first-order valence-corrected chi connectivity index (χ1v) is 35.3. The van der Waals surface area contributed by atoms with E-state index in [1.165, 1.54) is 28.2 Å². The predicted molar refractivity (Wildman–Crippen MR) is 422 cm³/mol. The second-order valence-corrected chi connectivity index (χ2v) is 27.2. The number of benzene rings is 6. The smallest absolute Gasteiger partial charge is 0.227 e. The van der Waals surface area contributed by atoms with E-state index in [4.69, 9.17) is 17.7 Å². The Balaban J connectivity index is 0.0000000998. The first kappa shape index (κ1) is 64.0. The van der Waals surface area contributed by atoms with Gasteiger partial charge in [-0.15, -0.1) is 0 Å². The van der Waals surface area contributed by atoms with Crippen LogP contribution in [0.15, 0.2) is 243 Å². The van der Waals surface area contributed by atoms with Gasteiger partial charge >= 0.3 is 0 Å². The summed E-state index contributed by atoms with van der Waals surface area (Å²) in [7, 11) is 6.21. The second kappa shape index (κ2) is 25.2. The molecule has 4 unspecified atom stereocenters. The third-order valence-corrected chi connectivity index (χ3v) is 21.3. The van der Waals surface area contributed by atoms with Gasteiger partial charge < -0.3 is 52.0 Å². The molecule has 0 aliphatic carbocycles. The summed E-state index contributed by atoms with van der Waals surface area (Å²) in [6.45, 7) is 17.2. The summed E-state index contributed by atoms with van der Waals surface area (Å²) in [5.41, 5.74) is 20.8. The summed E-state index contributed by atoms with van der Waals surface area (Å²) in [6.07, 6.45) is 14.7. The average molecular weight is 1380 g/mol. The van der Waals surface area contributed by atoms with Gasteiger partial charge in [-0.2, -0.15) is 0 Å². The number of pyridine rings is 6. The highest BCUT2D eigenvalue weighted by Gasteiger charge is 2.41. The highest BCUT2D eigenvalue weighted by atomic mass is 16.4. The summed E-state index contributed by atoms with van der Waals surface area (Å²) in [4.78, 5) is 54.0. The maximum Gasteiger partial charge on any atom is 0.227 e. The molecular weight excluding hydrogens is 1310 g/mol. The van der Waals surface area contributed by atoms with Crippen LogP contribution < -0.4 is 39.2 Å². The van der Waals surface area contributed by atoms with Crippen LogP contribution in [0.2, 0.25) is 0 Å². The van der Waals surface area contributed by atoms with E-state index in [1.807, 2.05) is 61.9 Å². The first-order valence-electron chi connectivity index (χ1n) is 35.3. The van der Waals surface area contributed by atoms with Gasteiger partial charge in [0.2, 0.25) is 22.9 Å². The van der Waals surface area contributed by atoms with Crippen molar-refractivity contribution >= 4 is 163 Å². The zero-order chi connectivity index (χ0) is 71.6. The molecule has 4 aliphatic heterocycles. The van der Waals surface area contributed by atoms with Gasteiger partial charge in [-0.3, -0.25) is 4.90 Å². The zero-order valence-corrected chi connectivity index (χ0v) is 60.0. The van der Waals surface area contributed by atoms with Crippen molar-refractivity contribution in [2.24, 2.45) is 0 Å². The largest absolute Gasteiger partial charge is 0.435 e. The predicted octanol–water partition coefficient (Wildman–Crippen LogP) is 20.2. The molecule has 0 bridgehead atoms. The Kier molecular flexibility index (Phi) is 15.3. The van der Waals surface area contributed by atoms with Gasteiger partial charge in [0.05, 0.1) is 45.5 Å². The standard InChI is InChI=1S/C26H21N3O.2C20H18N4O.C19H17N5O/c1-17-14-15-20-21-11-8-16-27-26(21)30-25(20)24(17)29-18(2)28(19-9-4-3-5-10-19)22-12-6-7-13-23(22)29;1-12-8-9-14-15-6-4-11-22-20(15)25-18(14)17(12)24-13(2)23(3)19-16(24)7-5-10-21-19;1-12-8-9-14-15-6-4-11-22-20(15)25-18(14)17(12)24-13(2)23(3)16-7-5-10-21-19(16)24;1-11-6-7-13-14-5-4-8-22-19(14)25-16(13)15(11)24-12(2)23(3)17-18(24)21-10-9-20-17/h3-16,18H,1-2H3;2*4-11,13H,1-3H3;4-10,12H,1-3H3. The lowest BCUT2D eigenvalue weighted by atomic mass is 10.1. The van der Waals surface area contributed by atoms with Gasteiger partial charge in [-0.25, -0.2) is 39.9 Å². The highest BCUT2D eigenvalue weighted by molar-refractivity contribution is 6.13. The molecule has 0 amide bonds. The number of aromatic nitrogens is 8. The molecule has 15 heterocycles. The van der Waals surface area contributed by atoms with E-state index >= 15 is 0 Å². The van der Waals surface area contributed by atoms with Crippen molar-refractivity contribution in [1.29, 1.82) is 0 Å². The number of anilines is 13. The number of rotatable bonds is 5. The molecule has 0 saturated heterocycles. The number of fused-ring (bicyclic) bond motifs is 16. The molecule has 20 heteroatoms. The van der Waals surface area contributed by atoms with E-state index in [-0.39, 0.29) is 24.7 Å². The van der Waals surface area contributed by atoms with E-state index in [0.29, 0.717) is 22.9 Å². The number of hydrogen-bond acceptors (Lipinski definition) is 20. The second-order valence-electron chi connectivity index (χ2n) is 27.2. The van der Waals surface area contributed by atoms with Gasteiger partial charge in [0.25, 0.3) is 0 Å². The number of aryl methyl sites for hydroxylation is 4. The molecule has 0 N–H and O–H groups in total. The maximum atomic E-state index is 6.31. The lowest BCUT2D eigenvalue weighted by Crippen LogP contribution is -2.36. The summed E-state index contributed by atoms with van der Waals surface area (Å²) >= 11 is 0. The molecule has 0 fully saturated rings. The Morgan fingerprint density at radius 3 is 1.04 bits per heavy atom.